The average Bonchev–Trinajstić information content (AvgIpc) is 2.40. The zero-order valence-electron chi connectivity index (χ0n) is 20.4. The van der Waals surface area contributed by atoms with Gasteiger partial charge in [-0.1, -0.05) is 19.1 Å². The minimum absolute atomic E-state index is 0.833. The molecule has 1 fully saturated rings. The first-order valence-corrected chi connectivity index (χ1v) is 6.81. The number of amides is 1. The fraction of sp³-hybridized carbons (Fsp3) is 0.875. The van der Waals surface area contributed by atoms with Crippen LogP contribution in [0.5, 0.6) is 0 Å². The molecule has 0 aromatic carbocycles. The molecular formula is C16H29NO4. The van der Waals surface area contributed by atoms with Gasteiger partial charge >= 0.3 is 12.1 Å². The van der Waals surface area contributed by atoms with E-state index in [-0.39, 0.29) is 0 Å². The van der Waals surface area contributed by atoms with Crippen LogP contribution in [-0.4, -0.2) is 29.3 Å². The second-order valence-corrected chi connectivity index (χ2v) is 6.79. The van der Waals surface area contributed by atoms with Crippen LogP contribution >= 0.6 is 0 Å². The van der Waals surface area contributed by atoms with Crippen LogP contribution in [-0.2, 0) is 14.3 Å². The van der Waals surface area contributed by atoms with E-state index in [0.717, 1.165) is 0 Å². The van der Waals surface area contributed by atoms with Crippen LogP contribution < -0.4 is 5.32 Å². The maximum absolute atomic E-state index is 12.5. The van der Waals surface area contributed by atoms with Gasteiger partial charge in [-0.2, -0.15) is 0 Å². The molecule has 1 amide bonds. The second-order valence-electron chi connectivity index (χ2n) is 6.79. The molecule has 5 nitrogen and oxygen atoms in total. The van der Waals surface area contributed by atoms with E-state index >= 15 is 0 Å². The van der Waals surface area contributed by atoms with E-state index in [4.69, 9.17) is 19.1 Å². The number of alkyl carbamates (subject to hydrolysis) is 1. The van der Waals surface area contributed by atoms with Crippen molar-refractivity contribution >= 4 is 12.1 Å². The molecule has 1 unspecified atom stereocenters. The molecule has 0 saturated heterocycles. The molecule has 1 N–H and O–H groups in total. The maximum atomic E-state index is 12.5. The molecule has 1 aliphatic carbocycles. The smallest absolute Gasteiger partial charge is 0.408 e. The van der Waals surface area contributed by atoms with E-state index < -0.39 is 60.7 Å². The molecule has 1 rings (SSSR count). The number of rotatable bonds is 4. The standard InChI is InChI=1S/C16H29NO4/c1-15(2,3)20-13(18)12(10-11-8-7-9-11)17-14(19)21-16(4,5)6/h11-12H,7-10H2,1-6H3,(H,17,19)/i7D2,8D2,9D2,11D. The van der Waals surface area contributed by atoms with Crippen molar-refractivity contribution < 1.29 is 28.7 Å². The predicted octanol–water partition coefficient (Wildman–Crippen LogP) is 3.41. The third-order valence-corrected chi connectivity index (χ3v) is 2.22. The fourth-order valence-corrected chi connectivity index (χ4v) is 1.47. The number of esters is 1. The summed E-state index contributed by atoms with van der Waals surface area (Å²) < 4.78 is 65.5. The molecule has 0 aliphatic heterocycles. The highest BCUT2D eigenvalue weighted by molar-refractivity contribution is 5.81. The van der Waals surface area contributed by atoms with E-state index in [1.807, 2.05) is 0 Å². The Labute approximate surface area is 137 Å². The van der Waals surface area contributed by atoms with Crippen molar-refractivity contribution in [1.82, 2.24) is 5.32 Å². The lowest BCUT2D eigenvalue weighted by Gasteiger charge is -2.31. The van der Waals surface area contributed by atoms with Gasteiger partial charge in [0.1, 0.15) is 17.2 Å². The third kappa shape index (κ3) is 7.34. The van der Waals surface area contributed by atoms with E-state index in [1.54, 1.807) is 41.5 Å². The van der Waals surface area contributed by atoms with E-state index in [1.165, 1.54) is 0 Å². The summed E-state index contributed by atoms with van der Waals surface area (Å²) in [5, 5.41) is 2.21. The Balaban J connectivity index is 3.19. The van der Waals surface area contributed by atoms with Crippen LogP contribution in [0.25, 0.3) is 0 Å². The maximum Gasteiger partial charge on any atom is 0.408 e. The largest absolute Gasteiger partial charge is 0.458 e. The molecule has 1 aliphatic rings. The summed E-state index contributed by atoms with van der Waals surface area (Å²) in [5.41, 5.74) is -1.84. The van der Waals surface area contributed by atoms with Gasteiger partial charge in [-0.05, 0) is 53.9 Å². The SMILES string of the molecule is [2H]C1([2H])C([2H])([2H])C([2H])(CC(NC(=O)OC(C)(C)C)C(=O)OC(C)(C)C)C1([2H])[2H]. The van der Waals surface area contributed by atoms with Crippen molar-refractivity contribution in [2.75, 3.05) is 0 Å². The van der Waals surface area contributed by atoms with Crippen molar-refractivity contribution in [2.24, 2.45) is 5.89 Å². The lowest BCUT2D eigenvalue weighted by atomic mass is 9.81. The van der Waals surface area contributed by atoms with Gasteiger partial charge in [0.15, 0.2) is 0 Å². The lowest BCUT2D eigenvalue weighted by Crippen LogP contribution is -2.47. The third-order valence-electron chi connectivity index (χ3n) is 2.22. The van der Waals surface area contributed by atoms with Gasteiger partial charge in [0.05, 0.1) is 0 Å². The lowest BCUT2D eigenvalue weighted by molar-refractivity contribution is -0.158. The second kappa shape index (κ2) is 6.67. The van der Waals surface area contributed by atoms with Crippen LogP contribution in [0.2, 0.25) is 0 Å². The Bertz CT molecular complexity index is 620. The minimum atomic E-state index is -2.94. The Hall–Kier alpha value is -1.26. The molecule has 0 aromatic rings. The summed E-state index contributed by atoms with van der Waals surface area (Å²) in [7, 11) is 0. The molecular weight excluding hydrogens is 270 g/mol. The molecule has 0 heterocycles. The first kappa shape index (κ1) is 9.70. The normalized spacial score (nSPS) is 31.2. The average molecular weight is 306 g/mol. The number of carbonyl (C=O) groups is 2. The van der Waals surface area contributed by atoms with Crippen LogP contribution in [0.15, 0.2) is 0 Å². The van der Waals surface area contributed by atoms with E-state index in [2.05, 4.69) is 5.32 Å². The van der Waals surface area contributed by atoms with Crippen LogP contribution in [0.1, 0.15) is 76.7 Å². The van der Waals surface area contributed by atoms with Crippen molar-refractivity contribution in [3.63, 3.8) is 0 Å². The molecule has 5 heteroatoms. The van der Waals surface area contributed by atoms with Gasteiger partial charge in [-0.3, -0.25) is 0 Å². The van der Waals surface area contributed by atoms with Crippen LogP contribution in [0.3, 0.4) is 0 Å². The summed E-state index contributed by atoms with van der Waals surface area (Å²) in [6.45, 7) is 9.52. The summed E-state index contributed by atoms with van der Waals surface area (Å²) in [5.74, 6) is -3.64. The van der Waals surface area contributed by atoms with Gasteiger partial charge in [0.2, 0.25) is 0 Å². The Morgan fingerprint density at radius 1 is 1.19 bits per heavy atom. The number of hydrogen-bond acceptors (Lipinski definition) is 4. The number of ether oxygens (including phenoxy) is 2. The first-order chi connectivity index (χ1) is 12.1. The molecule has 122 valence electrons. The molecule has 0 radical (unpaired) electrons. The van der Waals surface area contributed by atoms with Crippen molar-refractivity contribution in [1.29, 1.82) is 0 Å². The van der Waals surface area contributed by atoms with Gasteiger partial charge in [0, 0.05) is 9.60 Å². The highest BCUT2D eigenvalue weighted by Gasteiger charge is 2.32. The molecule has 1 atom stereocenters. The fourth-order valence-electron chi connectivity index (χ4n) is 1.47. The number of carbonyl (C=O) groups excluding carboxylic acids is 2. The molecule has 0 aromatic heterocycles. The van der Waals surface area contributed by atoms with Gasteiger partial charge in [-0.15, -0.1) is 0 Å². The first-order valence-electron chi connectivity index (χ1n) is 10.3. The zero-order valence-corrected chi connectivity index (χ0v) is 13.4. The Kier molecular flexibility index (Phi) is 3.08. The van der Waals surface area contributed by atoms with Gasteiger partial charge in [0.25, 0.3) is 0 Å². The minimum Gasteiger partial charge on any atom is -0.458 e. The monoisotopic (exact) mass is 306 g/mol. The molecule has 0 spiro atoms. The van der Waals surface area contributed by atoms with Gasteiger partial charge in [-0.25, -0.2) is 9.59 Å². The van der Waals surface area contributed by atoms with Crippen molar-refractivity contribution in [2.45, 2.75) is 84.3 Å². The molecule has 1 saturated carbocycles. The molecule has 0 bridgehead atoms. The summed E-state index contributed by atoms with van der Waals surface area (Å²) in [6, 6.07) is -1.60. The summed E-state index contributed by atoms with van der Waals surface area (Å²) >= 11 is 0. The van der Waals surface area contributed by atoms with Crippen molar-refractivity contribution in [3.8, 4) is 0 Å². The van der Waals surface area contributed by atoms with Crippen LogP contribution in [0.4, 0.5) is 4.79 Å². The Morgan fingerprint density at radius 2 is 1.71 bits per heavy atom. The van der Waals surface area contributed by atoms with E-state index in [9.17, 15) is 9.59 Å². The highest BCUT2D eigenvalue weighted by atomic mass is 16.6. The predicted molar refractivity (Wildman–Crippen MR) is 81.0 cm³/mol. The molecule has 21 heavy (non-hydrogen) atoms. The topological polar surface area (TPSA) is 64.6 Å². The van der Waals surface area contributed by atoms with Crippen LogP contribution in [0, 0.1) is 5.89 Å². The van der Waals surface area contributed by atoms with Gasteiger partial charge < -0.3 is 14.8 Å². The Morgan fingerprint density at radius 3 is 2.19 bits per heavy atom. The number of hydrogen-bond donors (Lipinski definition) is 1. The summed E-state index contributed by atoms with van der Waals surface area (Å²) in [6.07, 6.45) is -10.6. The highest BCUT2D eigenvalue weighted by Crippen LogP contribution is 2.31. The quantitative estimate of drug-likeness (QED) is 0.808. The summed E-state index contributed by atoms with van der Waals surface area (Å²) in [4.78, 5) is 24.7. The zero-order chi connectivity index (χ0) is 22.6. The van der Waals surface area contributed by atoms with E-state index in [0.29, 0.717) is 0 Å². The number of nitrogens with one attached hydrogen (secondary N) is 1. The van der Waals surface area contributed by atoms with Crippen molar-refractivity contribution in [3.05, 3.63) is 0 Å².